The third kappa shape index (κ3) is 5.70. The quantitative estimate of drug-likeness (QED) is 0.524. The first-order valence-corrected chi connectivity index (χ1v) is 12.1. The number of unbranched alkanes of at least 4 members (excludes halogenated alkanes) is 2. The predicted octanol–water partition coefficient (Wildman–Crippen LogP) is 4.52. The molecule has 1 aromatic heterocycles. The smallest absolute Gasteiger partial charge is 0.271 e. The Morgan fingerprint density at radius 2 is 2.19 bits per heavy atom. The summed E-state index contributed by atoms with van der Waals surface area (Å²) in [5.74, 6) is 0.125. The summed E-state index contributed by atoms with van der Waals surface area (Å²) < 4.78 is 7.48. The summed E-state index contributed by atoms with van der Waals surface area (Å²) in [5, 5.41) is 13.5. The lowest BCUT2D eigenvalue weighted by Crippen LogP contribution is -2.52. The van der Waals surface area contributed by atoms with E-state index in [1.54, 1.807) is 7.11 Å². The Morgan fingerprint density at radius 3 is 2.88 bits per heavy atom. The van der Waals surface area contributed by atoms with Crippen LogP contribution < -0.4 is 5.32 Å². The molecule has 1 saturated heterocycles. The van der Waals surface area contributed by atoms with Crippen molar-refractivity contribution in [3.8, 4) is 6.07 Å². The van der Waals surface area contributed by atoms with Gasteiger partial charge in [-0.2, -0.15) is 5.26 Å². The topological polar surface area (TPSA) is 70.3 Å². The summed E-state index contributed by atoms with van der Waals surface area (Å²) in [5.41, 5.74) is 3.15. The molecule has 0 spiro atoms. The van der Waals surface area contributed by atoms with Crippen molar-refractivity contribution in [3.05, 3.63) is 35.5 Å². The molecule has 2 aromatic rings. The second kappa shape index (κ2) is 12.0. The van der Waals surface area contributed by atoms with Gasteiger partial charge in [0.25, 0.3) is 5.91 Å². The number of fused-ring (bicyclic) bond motifs is 1. The number of nitriles is 1. The van der Waals surface area contributed by atoms with Gasteiger partial charge in [-0.1, -0.05) is 18.2 Å². The first-order valence-electron chi connectivity index (χ1n) is 12.1. The van der Waals surface area contributed by atoms with Crippen molar-refractivity contribution in [2.24, 2.45) is 0 Å². The van der Waals surface area contributed by atoms with E-state index in [0.717, 1.165) is 81.4 Å². The van der Waals surface area contributed by atoms with E-state index in [-0.39, 0.29) is 18.0 Å². The Balaban J connectivity index is 2.00. The number of piperidine rings is 1. The highest BCUT2D eigenvalue weighted by Gasteiger charge is 2.30. The van der Waals surface area contributed by atoms with Crippen molar-refractivity contribution < 1.29 is 9.53 Å². The molecule has 1 atom stereocenters. The average Bonchev–Trinajstić information content (AvgIpc) is 3.17. The zero-order valence-electron chi connectivity index (χ0n) is 19.9. The average molecular weight is 439 g/mol. The second-order valence-corrected chi connectivity index (χ2v) is 9.05. The Labute approximate surface area is 192 Å². The molecule has 1 N–H and O–H groups in total. The summed E-state index contributed by atoms with van der Waals surface area (Å²) in [6.45, 7) is 7.64. The molecule has 2 heterocycles. The van der Waals surface area contributed by atoms with Gasteiger partial charge in [0.2, 0.25) is 0 Å². The van der Waals surface area contributed by atoms with E-state index in [0.29, 0.717) is 6.42 Å². The number of benzene rings is 1. The highest BCUT2D eigenvalue weighted by Crippen LogP contribution is 2.28. The monoisotopic (exact) mass is 438 g/mol. The Kier molecular flexibility index (Phi) is 9.13. The van der Waals surface area contributed by atoms with Gasteiger partial charge in [-0.3, -0.25) is 4.79 Å². The fraction of sp³-hybridized carbons (Fsp3) is 0.615. The molecule has 0 aliphatic carbocycles. The van der Waals surface area contributed by atoms with Crippen LogP contribution in [-0.4, -0.2) is 54.3 Å². The molecular formula is C26H38N4O2. The van der Waals surface area contributed by atoms with Crippen molar-refractivity contribution >= 4 is 16.8 Å². The number of carbonyl (C=O) groups excluding carboxylic acids is 1. The normalized spacial score (nSPS) is 16.4. The molecule has 1 aliphatic heterocycles. The van der Waals surface area contributed by atoms with Gasteiger partial charge in [-0.15, -0.1) is 0 Å². The van der Waals surface area contributed by atoms with Crippen molar-refractivity contribution in [2.75, 3.05) is 26.8 Å². The number of rotatable bonds is 11. The van der Waals surface area contributed by atoms with Crippen LogP contribution in [0.3, 0.4) is 0 Å². The van der Waals surface area contributed by atoms with Crippen LogP contribution in [0.25, 0.3) is 10.9 Å². The van der Waals surface area contributed by atoms with Gasteiger partial charge in [-0.25, -0.2) is 0 Å². The summed E-state index contributed by atoms with van der Waals surface area (Å²) in [6, 6.07) is 11.0. The van der Waals surface area contributed by atoms with Crippen LogP contribution in [0.15, 0.2) is 24.3 Å². The van der Waals surface area contributed by atoms with Gasteiger partial charge in [0.15, 0.2) is 0 Å². The molecule has 0 saturated carbocycles. The lowest BCUT2D eigenvalue weighted by atomic mass is 10.0. The molecule has 32 heavy (non-hydrogen) atoms. The maximum absolute atomic E-state index is 13.9. The number of aryl methyl sites for hydroxylation is 2. The number of hydrogen-bond acceptors (Lipinski definition) is 4. The standard InChI is InChI=1S/C26H38N4O2/c1-20(2)30(23-13-9-15-28-19-23)26(31)24-18-22-12-8-11-21(10-4-5-14-27)25(22)29(24)16-6-7-17-32-3/h8,11-12,18,20,23,28H,4-7,9-10,13,15-17,19H2,1-3H3/t23-/m1/s1. The lowest BCUT2D eigenvalue weighted by Gasteiger charge is -2.37. The number of amides is 1. The van der Waals surface area contributed by atoms with E-state index in [4.69, 9.17) is 10.00 Å². The van der Waals surface area contributed by atoms with E-state index in [1.165, 1.54) is 5.56 Å². The van der Waals surface area contributed by atoms with E-state index in [1.807, 2.05) is 0 Å². The van der Waals surface area contributed by atoms with Crippen LogP contribution >= 0.6 is 0 Å². The third-order valence-corrected chi connectivity index (χ3v) is 6.39. The van der Waals surface area contributed by atoms with Crippen molar-refractivity contribution in [1.29, 1.82) is 5.26 Å². The van der Waals surface area contributed by atoms with Crippen LogP contribution in [-0.2, 0) is 17.7 Å². The highest BCUT2D eigenvalue weighted by atomic mass is 16.5. The van der Waals surface area contributed by atoms with Gasteiger partial charge in [0, 0.05) is 50.7 Å². The van der Waals surface area contributed by atoms with Crippen LogP contribution in [0, 0.1) is 11.3 Å². The fourth-order valence-corrected chi connectivity index (χ4v) is 4.91. The molecule has 6 nitrogen and oxygen atoms in total. The zero-order valence-corrected chi connectivity index (χ0v) is 19.9. The third-order valence-electron chi connectivity index (χ3n) is 6.39. The molecule has 6 heteroatoms. The molecule has 3 rings (SSSR count). The molecule has 0 unspecified atom stereocenters. The minimum atomic E-state index is 0.125. The van der Waals surface area contributed by atoms with Crippen LogP contribution in [0.5, 0.6) is 0 Å². The van der Waals surface area contributed by atoms with Gasteiger partial charge < -0.3 is 19.5 Å². The number of methoxy groups -OCH3 is 1. The molecule has 1 aromatic carbocycles. The van der Waals surface area contributed by atoms with Crippen molar-refractivity contribution in [2.45, 2.75) is 77.4 Å². The van der Waals surface area contributed by atoms with Crippen molar-refractivity contribution in [3.63, 3.8) is 0 Å². The minimum Gasteiger partial charge on any atom is -0.385 e. The first-order chi connectivity index (χ1) is 15.6. The predicted molar refractivity (Wildman–Crippen MR) is 129 cm³/mol. The van der Waals surface area contributed by atoms with Crippen LogP contribution in [0.2, 0.25) is 0 Å². The van der Waals surface area contributed by atoms with E-state index in [2.05, 4.69) is 59.0 Å². The largest absolute Gasteiger partial charge is 0.385 e. The summed E-state index contributed by atoms with van der Waals surface area (Å²) >= 11 is 0. The molecule has 0 bridgehead atoms. The van der Waals surface area contributed by atoms with Crippen LogP contribution in [0.4, 0.5) is 0 Å². The van der Waals surface area contributed by atoms with Gasteiger partial charge in [-0.05, 0) is 70.5 Å². The number of hydrogen-bond donors (Lipinski definition) is 1. The molecule has 174 valence electrons. The van der Waals surface area contributed by atoms with E-state index in [9.17, 15) is 4.79 Å². The fourth-order valence-electron chi connectivity index (χ4n) is 4.91. The number of ether oxygens (including phenoxy) is 1. The van der Waals surface area contributed by atoms with Gasteiger partial charge in [0.05, 0.1) is 11.6 Å². The summed E-state index contributed by atoms with van der Waals surface area (Å²) in [7, 11) is 1.73. The summed E-state index contributed by atoms with van der Waals surface area (Å²) in [4.78, 5) is 16.0. The van der Waals surface area contributed by atoms with Gasteiger partial charge >= 0.3 is 0 Å². The first kappa shape index (κ1) is 24.3. The molecular weight excluding hydrogens is 400 g/mol. The maximum atomic E-state index is 13.9. The second-order valence-electron chi connectivity index (χ2n) is 9.05. The van der Waals surface area contributed by atoms with E-state index >= 15 is 0 Å². The summed E-state index contributed by atoms with van der Waals surface area (Å²) in [6.07, 6.45) is 6.29. The number of para-hydroxylation sites is 1. The number of nitrogens with zero attached hydrogens (tertiary/aromatic N) is 3. The maximum Gasteiger partial charge on any atom is 0.271 e. The Hall–Kier alpha value is -2.36. The molecule has 1 aliphatic rings. The van der Waals surface area contributed by atoms with Crippen molar-refractivity contribution in [1.82, 2.24) is 14.8 Å². The zero-order chi connectivity index (χ0) is 22.9. The number of nitrogens with one attached hydrogen (secondary N) is 1. The highest BCUT2D eigenvalue weighted by molar-refractivity contribution is 6.00. The Morgan fingerprint density at radius 1 is 1.34 bits per heavy atom. The van der Waals surface area contributed by atoms with Gasteiger partial charge in [0.1, 0.15) is 5.69 Å². The molecule has 1 fully saturated rings. The van der Waals surface area contributed by atoms with Crippen LogP contribution in [0.1, 0.15) is 68.4 Å². The Bertz CT molecular complexity index is 922. The van der Waals surface area contributed by atoms with E-state index < -0.39 is 0 Å². The molecule has 1 amide bonds. The number of aromatic nitrogens is 1. The lowest BCUT2D eigenvalue weighted by molar-refractivity contribution is 0.0562. The minimum absolute atomic E-state index is 0.125. The number of carbonyl (C=O) groups is 1. The SMILES string of the molecule is COCCCCn1c(C(=O)N(C(C)C)[C@@H]2CCCNC2)cc2cccc(CCCC#N)c21. The molecule has 0 radical (unpaired) electrons.